The van der Waals surface area contributed by atoms with Gasteiger partial charge in [0.05, 0.1) is 12.2 Å². The number of aryl methyl sites for hydroxylation is 1. The number of aliphatic hydroxyl groups excluding tert-OH is 1. The molecule has 0 aliphatic rings. The summed E-state index contributed by atoms with van der Waals surface area (Å²) in [6.07, 6.45) is 0. The molecule has 5 nitrogen and oxygen atoms in total. The Morgan fingerprint density at radius 2 is 2.17 bits per heavy atom. The van der Waals surface area contributed by atoms with E-state index >= 15 is 0 Å². The molecule has 102 valence electrons. The van der Waals surface area contributed by atoms with Gasteiger partial charge in [0.25, 0.3) is 11.8 Å². The van der Waals surface area contributed by atoms with Crippen LogP contribution in [-0.4, -0.2) is 35.2 Å². The van der Waals surface area contributed by atoms with E-state index in [2.05, 4.69) is 10.5 Å². The third-order valence-corrected chi connectivity index (χ3v) is 2.38. The van der Waals surface area contributed by atoms with Crippen LogP contribution in [0, 0.1) is 6.92 Å². The Morgan fingerprint density at radius 3 is 2.67 bits per heavy atom. The smallest absolute Gasteiger partial charge is 0.287 e. The van der Waals surface area contributed by atoms with Crippen LogP contribution in [0.25, 0.3) is 0 Å². The molecule has 0 aliphatic heterocycles. The number of hydrogen-bond donors (Lipinski definition) is 2. The molecule has 18 heavy (non-hydrogen) atoms. The highest BCUT2D eigenvalue weighted by Gasteiger charge is 2.30. The van der Waals surface area contributed by atoms with E-state index in [9.17, 15) is 13.6 Å². The summed E-state index contributed by atoms with van der Waals surface area (Å²) in [6, 6.07) is 0. The maximum Gasteiger partial charge on any atom is 0.287 e. The molecule has 0 saturated carbocycles. The Kier molecular flexibility index (Phi) is 4.39. The van der Waals surface area contributed by atoms with Crippen LogP contribution in [0.15, 0.2) is 4.52 Å². The van der Waals surface area contributed by atoms with Crippen molar-refractivity contribution in [3.05, 3.63) is 17.0 Å². The van der Waals surface area contributed by atoms with E-state index < -0.39 is 25.0 Å². The van der Waals surface area contributed by atoms with Crippen molar-refractivity contribution >= 4 is 5.91 Å². The van der Waals surface area contributed by atoms with E-state index in [1.54, 1.807) is 20.8 Å². The van der Waals surface area contributed by atoms with Crippen molar-refractivity contribution in [3.63, 3.8) is 0 Å². The summed E-state index contributed by atoms with van der Waals surface area (Å²) in [4.78, 5) is 11.8. The Bertz CT molecular complexity index is 430. The minimum atomic E-state index is -3.33. The summed E-state index contributed by atoms with van der Waals surface area (Å²) in [7, 11) is 0. The molecular weight excluding hydrogens is 246 g/mol. The van der Waals surface area contributed by atoms with Crippen molar-refractivity contribution in [2.75, 3.05) is 13.2 Å². The van der Waals surface area contributed by atoms with Crippen molar-refractivity contribution in [2.24, 2.45) is 0 Å². The van der Waals surface area contributed by atoms with Gasteiger partial charge in [-0.1, -0.05) is 19.0 Å². The molecule has 1 aromatic rings. The summed E-state index contributed by atoms with van der Waals surface area (Å²) < 4.78 is 30.6. The van der Waals surface area contributed by atoms with Gasteiger partial charge in [0.15, 0.2) is 5.76 Å². The number of alkyl halides is 2. The molecule has 0 spiro atoms. The first-order valence-electron chi connectivity index (χ1n) is 5.51. The van der Waals surface area contributed by atoms with Crippen LogP contribution in [0.3, 0.4) is 0 Å². The third kappa shape index (κ3) is 3.25. The first kappa shape index (κ1) is 14.6. The molecule has 0 aliphatic carbocycles. The summed E-state index contributed by atoms with van der Waals surface area (Å²) >= 11 is 0. The highest BCUT2D eigenvalue weighted by molar-refractivity contribution is 5.96. The Labute approximate surface area is 103 Å². The van der Waals surface area contributed by atoms with E-state index in [1.165, 1.54) is 0 Å². The number of aromatic nitrogens is 1. The number of amides is 1. The topological polar surface area (TPSA) is 75.4 Å². The van der Waals surface area contributed by atoms with E-state index in [0.717, 1.165) is 0 Å². The van der Waals surface area contributed by atoms with Crippen LogP contribution < -0.4 is 5.32 Å². The number of carbonyl (C=O) groups is 1. The molecule has 1 aromatic heterocycles. The lowest BCUT2D eigenvalue weighted by atomic mass is 10.0. The zero-order valence-corrected chi connectivity index (χ0v) is 10.5. The van der Waals surface area contributed by atoms with Gasteiger partial charge in [0.1, 0.15) is 12.2 Å². The fourth-order valence-corrected chi connectivity index (χ4v) is 1.41. The van der Waals surface area contributed by atoms with Crippen LogP contribution in [0.5, 0.6) is 0 Å². The monoisotopic (exact) mass is 262 g/mol. The Hall–Kier alpha value is -1.50. The van der Waals surface area contributed by atoms with E-state index in [4.69, 9.17) is 9.63 Å². The summed E-state index contributed by atoms with van der Waals surface area (Å²) in [6.45, 7) is 2.93. The molecule has 1 heterocycles. The molecule has 0 bridgehead atoms. The van der Waals surface area contributed by atoms with E-state index in [1.807, 2.05) is 0 Å². The average molecular weight is 262 g/mol. The SMILES string of the molecule is Cc1noc(C(C)C)c1C(=O)NCC(F)(F)CO. The molecule has 0 fully saturated rings. The molecule has 0 saturated heterocycles. The minimum Gasteiger partial charge on any atom is -0.390 e. The first-order chi connectivity index (χ1) is 8.28. The molecule has 7 heteroatoms. The average Bonchev–Trinajstić information content (AvgIpc) is 2.68. The second kappa shape index (κ2) is 5.43. The first-order valence-corrected chi connectivity index (χ1v) is 5.51. The lowest BCUT2D eigenvalue weighted by Crippen LogP contribution is -2.39. The summed E-state index contributed by atoms with van der Waals surface area (Å²) in [5, 5.41) is 14.1. The van der Waals surface area contributed by atoms with Crippen LogP contribution >= 0.6 is 0 Å². The van der Waals surface area contributed by atoms with Gasteiger partial charge in [0, 0.05) is 5.92 Å². The number of halogens is 2. The number of hydrogen-bond acceptors (Lipinski definition) is 4. The van der Waals surface area contributed by atoms with E-state index in [0.29, 0.717) is 11.5 Å². The molecule has 2 N–H and O–H groups in total. The molecule has 0 radical (unpaired) electrons. The molecule has 0 unspecified atom stereocenters. The maximum atomic E-state index is 12.8. The fraction of sp³-hybridized carbons (Fsp3) is 0.636. The summed E-state index contributed by atoms with van der Waals surface area (Å²) in [5.41, 5.74) is 0.530. The van der Waals surface area contributed by atoms with Crippen LogP contribution in [0.2, 0.25) is 0 Å². The number of nitrogens with one attached hydrogen (secondary N) is 1. The molecule has 0 atom stereocenters. The second-order valence-electron chi connectivity index (χ2n) is 4.36. The summed E-state index contributed by atoms with van der Waals surface area (Å²) in [5.74, 6) is -3.73. The molecule has 1 rings (SSSR count). The number of nitrogens with zero attached hydrogens (tertiary/aromatic N) is 1. The Morgan fingerprint density at radius 1 is 1.56 bits per heavy atom. The van der Waals surface area contributed by atoms with Crippen molar-refractivity contribution in [1.82, 2.24) is 10.5 Å². The largest absolute Gasteiger partial charge is 0.390 e. The Balaban J connectivity index is 2.82. The molecule has 1 amide bonds. The fourth-order valence-electron chi connectivity index (χ4n) is 1.41. The molecular formula is C11H16F2N2O3. The lowest BCUT2D eigenvalue weighted by molar-refractivity contribution is -0.0462. The van der Waals surface area contributed by atoms with Crippen LogP contribution in [0.1, 0.15) is 41.6 Å². The zero-order valence-electron chi connectivity index (χ0n) is 10.5. The van der Waals surface area contributed by atoms with Gasteiger partial charge >= 0.3 is 0 Å². The number of rotatable bonds is 5. The van der Waals surface area contributed by atoms with Gasteiger partial charge < -0.3 is 14.9 Å². The van der Waals surface area contributed by atoms with Gasteiger partial charge in [-0.05, 0) is 6.92 Å². The number of aliphatic hydroxyl groups is 1. The predicted molar refractivity (Wildman–Crippen MR) is 59.7 cm³/mol. The van der Waals surface area contributed by atoms with Gasteiger partial charge in [-0.2, -0.15) is 0 Å². The van der Waals surface area contributed by atoms with Gasteiger partial charge in [-0.15, -0.1) is 0 Å². The standard InChI is InChI=1S/C11H16F2N2O3/c1-6(2)9-8(7(3)15-18-9)10(17)14-4-11(12,13)5-16/h6,16H,4-5H2,1-3H3,(H,14,17). The quantitative estimate of drug-likeness (QED) is 0.842. The lowest BCUT2D eigenvalue weighted by Gasteiger charge is -2.14. The van der Waals surface area contributed by atoms with Crippen molar-refractivity contribution in [3.8, 4) is 0 Å². The second-order valence-corrected chi connectivity index (χ2v) is 4.36. The van der Waals surface area contributed by atoms with Crippen molar-refractivity contribution in [2.45, 2.75) is 32.6 Å². The predicted octanol–water partition coefficient (Wildman–Crippen LogP) is 1.46. The van der Waals surface area contributed by atoms with Crippen molar-refractivity contribution in [1.29, 1.82) is 0 Å². The van der Waals surface area contributed by atoms with Gasteiger partial charge in [0.2, 0.25) is 0 Å². The van der Waals surface area contributed by atoms with Crippen molar-refractivity contribution < 1.29 is 23.2 Å². The zero-order chi connectivity index (χ0) is 13.9. The molecule has 0 aromatic carbocycles. The van der Waals surface area contributed by atoms with Gasteiger partial charge in [-0.3, -0.25) is 4.79 Å². The van der Waals surface area contributed by atoms with Crippen LogP contribution in [0.4, 0.5) is 8.78 Å². The van der Waals surface area contributed by atoms with E-state index in [-0.39, 0.29) is 11.5 Å². The highest BCUT2D eigenvalue weighted by atomic mass is 19.3. The number of carbonyl (C=O) groups excluding carboxylic acids is 1. The van der Waals surface area contributed by atoms with Crippen LogP contribution in [-0.2, 0) is 0 Å². The normalized spacial score (nSPS) is 11.9. The van der Waals surface area contributed by atoms with Gasteiger partial charge in [-0.25, -0.2) is 8.78 Å². The highest BCUT2D eigenvalue weighted by Crippen LogP contribution is 2.22. The minimum absolute atomic E-state index is 0.0784. The third-order valence-electron chi connectivity index (χ3n) is 2.38. The maximum absolute atomic E-state index is 12.8.